The van der Waals surface area contributed by atoms with Gasteiger partial charge in [0.15, 0.2) is 0 Å². The van der Waals surface area contributed by atoms with Crippen LogP contribution in [-0.2, 0) is 4.79 Å². The molecule has 22 heavy (non-hydrogen) atoms. The fourth-order valence-electron chi connectivity index (χ4n) is 1.86. The van der Waals surface area contributed by atoms with Crippen molar-refractivity contribution in [2.45, 2.75) is 17.6 Å². The smallest absolute Gasteiger partial charge is 0.288 e. The summed E-state index contributed by atoms with van der Waals surface area (Å²) in [4.78, 5) is 12.3. The minimum absolute atomic E-state index is 0.136. The molecular formula is C16H16F2N2OS. The second kappa shape index (κ2) is 7.79. The van der Waals surface area contributed by atoms with Gasteiger partial charge in [0, 0.05) is 16.3 Å². The zero-order valence-corrected chi connectivity index (χ0v) is 12.8. The van der Waals surface area contributed by atoms with Crippen LogP contribution in [0.15, 0.2) is 53.4 Å². The van der Waals surface area contributed by atoms with Gasteiger partial charge in [-0.15, -0.1) is 0 Å². The zero-order chi connectivity index (χ0) is 15.9. The Morgan fingerprint density at radius 1 is 1.14 bits per heavy atom. The standard InChI is InChI=1S/C16H16F2N2OS/c1-11-3-2-4-13(9-11)19-10-15(21)20-12-5-7-14(8-6-12)22-16(17)18/h2-9,16,19H,10H2,1H3,(H,20,21). The number of thioether (sulfide) groups is 1. The molecule has 0 aliphatic carbocycles. The summed E-state index contributed by atoms with van der Waals surface area (Å²) < 4.78 is 24.4. The first-order valence-electron chi connectivity index (χ1n) is 6.68. The molecule has 0 aliphatic rings. The van der Waals surface area contributed by atoms with Gasteiger partial charge in [-0.1, -0.05) is 23.9 Å². The van der Waals surface area contributed by atoms with Crippen LogP contribution in [-0.4, -0.2) is 18.2 Å². The monoisotopic (exact) mass is 322 g/mol. The molecule has 6 heteroatoms. The van der Waals surface area contributed by atoms with Crippen LogP contribution in [0, 0.1) is 6.92 Å². The van der Waals surface area contributed by atoms with Crippen LogP contribution in [0.3, 0.4) is 0 Å². The van der Waals surface area contributed by atoms with Crippen molar-refractivity contribution < 1.29 is 13.6 Å². The molecule has 0 aromatic heterocycles. The fraction of sp³-hybridized carbons (Fsp3) is 0.188. The molecule has 0 spiro atoms. The van der Waals surface area contributed by atoms with E-state index >= 15 is 0 Å². The van der Waals surface area contributed by atoms with Crippen molar-refractivity contribution in [2.24, 2.45) is 0 Å². The number of amides is 1. The van der Waals surface area contributed by atoms with Gasteiger partial charge in [-0.25, -0.2) is 0 Å². The van der Waals surface area contributed by atoms with Crippen molar-refractivity contribution in [2.75, 3.05) is 17.2 Å². The number of carbonyl (C=O) groups is 1. The lowest BCUT2D eigenvalue weighted by Gasteiger charge is -2.09. The summed E-state index contributed by atoms with van der Waals surface area (Å²) >= 11 is 0.476. The molecule has 0 unspecified atom stereocenters. The molecule has 0 atom stereocenters. The Morgan fingerprint density at radius 3 is 2.50 bits per heavy atom. The molecule has 2 aromatic carbocycles. The number of benzene rings is 2. The van der Waals surface area contributed by atoms with E-state index in [1.807, 2.05) is 31.2 Å². The molecule has 0 fully saturated rings. The predicted octanol–water partition coefficient (Wildman–Crippen LogP) is 4.36. The van der Waals surface area contributed by atoms with Gasteiger partial charge in [0.25, 0.3) is 5.76 Å². The molecule has 0 bridgehead atoms. The van der Waals surface area contributed by atoms with Crippen LogP contribution in [0.4, 0.5) is 20.2 Å². The molecule has 0 saturated carbocycles. The number of halogens is 2. The number of aryl methyl sites for hydroxylation is 1. The summed E-state index contributed by atoms with van der Waals surface area (Å²) in [5.74, 6) is -2.64. The molecule has 1 amide bonds. The van der Waals surface area contributed by atoms with Crippen LogP contribution in [0.2, 0.25) is 0 Å². The van der Waals surface area contributed by atoms with Crippen molar-refractivity contribution in [3.63, 3.8) is 0 Å². The minimum atomic E-state index is -2.45. The highest BCUT2D eigenvalue weighted by Gasteiger charge is 2.06. The van der Waals surface area contributed by atoms with E-state index in [0.717, 1.165) is 11.3 Å². The first-order valence-corrected chi connectivity index (χ1v) is 7.56. The van der Waals surface area contributed by atoms with E-state index in [-0.39, 0.29) is 12.5 Å². The molecule has 2 rings (SSSR count). The number of alkyl halides is 2. The largest absolute Gasteiger partial charge is 0.376 e. The number of anilines is 2. The summed E-state index contributed by atoms with van der Waals surface area (Å²) in [6.45, 7) is 2.11. The normalized spacial score (nSPS) is 10.5. The summed E-state index contributed by atoms with van der Waals surface area (Å²) in [6.07, 6.45) is 0. The number of nitrogens with one attached hydrogen (secondary N) is 2. The number of hydrogen-bond donors (Lipinski definition) is 2. The number of carbonyl (C=O) groups excluding carboxylic acids is 1. The zero-order valence-electron chi connectivity index (χ0n) is 12.0. The van der Waals surface area contributed by atoms with Crippen molar-refractivity contribution in [1.82, 2.24) is 0 Å². The summed E-state index contributed by atoms with van der Waals surface area (Å²) in [5, 5.41) is 5.74. The fourth-order valence-corrected chi connectivity index (χ4v) is 2.36. The Bertz CT molecular complexity index is 632. The topological polar surface area (TPSA) is 41.1 Å². The van der Waals surface area contributed by atoms with Gasteiger partial charge in [-0.2, -0.15) is 8.78 Å². The van der Waals surface area contributed by atoms with E-state index in [1.54, 1.807) is 24.3 Å². The maximum atomic E-state index is 12.2. The molecule has 0 radical (unpaired) electrons. The van der Waals surface area contributed by atoms with Crippen molar-refractivity contribution in [3.8, 4) is 0 Å². The second-order valence-electron chi connectivity index (χ2n) is 4.67. The maximum absolute atomic E-state index is 12.2. The highest BCUT2D eigenvalue weighted by molar-refractivity contribution is 7.99. The quantitative estimate of drug-likeness (QED) is 0.776. The summed E-state index contributed by atoms with van der Waals surface area (Å²) in [6, 6.07) is 14.0. The van der Waals surface area contributed by atoms with E-state index < -0.39 is 5.76 Å². The molecule has 0 aliphatic heterocycles. The van der Waals surface area contributed by atoms with Gasteiger partial charge >= 0.3 is 0 Å². The van der Waals surface area contributed by atoms with Crippen molar-refractivity contribution in [3.05, 3.63) is 54.1 Å². The molecule has 2 N–H and O–H groups in total. The first-order chi connectivity index (χ1) is 10.5. The Labute approximate surface area is 132 Å². The van der Waals surface area contributed by atoms with Crippen LogP contribution in [0.25, 0.3) is 0 Å². The molecule has 0 heterocycles. The number of hydrogen-bond acceptors (Lipinski definition) is 3. The van der Waals surface area contributed by atoms with Crippen LogP contribution in [0.1, 0.15) is 5.56 Å². The average molecular weight is 322 g/mol. The van der Waals surface area contributed by atoms with E-state index in [1.165, 1.54) is 0 Å². The molecule has 116 valence electrons. The van der Waals surface area contributed by atoms with E-state index in [9.17, 15) is 13.6 Å². The predicted molar refractivity (Wildman–Crippen MR) is 86.6 cm³/mol. The van der Waals surface area contributed by atoms with Crippen molar-refractivity contribution in [1.29, 1.82) is 0 Å². The highest BCUT2D eigenvalue weighted by atomic mass is 32.2. The van der Waals surface area contributed by atoms with Gasteiger partial charge in [-0.3, -0.25) is 4.79 Å². The lowest BCUT2D eigenvalue weighted by Crippen LogP contribution is -2.21. The van der Waals surface area contributed by atoms with Gasteiger partial charge in [0.1, 0.15) is 0 Å². The average Bonchev–Trinajstić information content (AvgIpc) is 2.47. The third-order valence-electron chi connectivity index (χ3n) is 2.83. The lowest BCUT2D eigenvalue weighted by molar-refractivity contribution is -0.114. The van der Waals surface area contributed by atoms with Gasteiger partial charge in [0.2, 0.25) is 5.91 Å². The minimum Gasteiger partial charge on any atom is -0.376 e. The third-order valence-corrected chi connectivity index (χ3v) is 3.56. The van der Waals surface area contributed by atoms with E-state index in [2.05, 4.69) is 10.6 Å². The van der Waals surface area contributed by atoms with Crippen LogP contribution in [0.5, 0.6) is 0 Å². The van der Waals surface area contributed by atoms with Gasteiger partial charge < -0.3 is 10.6 Å². The third kappa shape index (κ3) is 5.37. The molecular weight excluding hydrogens is 306 g/mol. The lowest BCUT2D eigenvalue weighted by atomic mass is 10.2. The maximum Gasteiger partial charge on any atom is 0.288 e. The van der Waals surface area contributed by atoms with Crippen molar-refractivity contribution >= 4 is 29.0 Å². The Balaban J connectivity index is 1.84. The summed E-state index contributed by atoms with van der Waals surface area (Å²) in [5.41, 5.74) is 2.56. The molecule has 2 aromatic rings. The molecule has 3 nitrogen and oxygen atoms in total. The van der Waals surface area contributed by atoms with Gasteiger partial charge in [-0.05, 0) is 48.9 Å². The SMILES string of the molecule is Cc1cccc(NCC(=O)Nc2ccc(SC(F)F)cc2)c1. The number of rotatable bonds is 6. The van der Waals surface area contributed by atoms with Crippen LogP contribution >= 0.6 is 11.8 Å². The molecule has 0 saturated heterocycles. The highest BCUT2D eigenvalue weighted by Crippen LogP contribution is 2.26. The Morgan fingerprint density at radius 2 is 1.86 bits per heavy atom. The second-order valence-corrected chi connectivity index (χ2v) is 5.74. The van der Waals surface area contributed by atoms with E-state index in [0.29, 0.717) is 22.3 Å². The Hall–Kier alpha value is -2.08. The van der Waals surface area contributed by atoms with Gasteiger partial charge in [0.05, 0.1) is 6.54 Å². The Kier molecular flexibility index (Phi) is 5.77. The summed E-state index contributed by atoms with van der Waals surface area (Å²) in [7, 11) is 0. The first kappa shape index (κ1) is 16.3. The van der Waals surface area contributed by atoms with E-state index in [4.69, 9.17) is 0 Å². The van der Waals surface area contributed by atoms with Crippen LogP contribution < -0.4 is 10.6 Å².